The van der Waals surface area contributed by atoms with Crippen molar-refractivity contribution in [2.75, 3.05) is 0 Å². The lowest BCUT2D eigenvalue weighted by atomic mass is 9.82. The van der Waals surface area contributed by atoms with E-state index in [1.54, 1.807) is 6.92 Å². The summed E-state index contributed by atoms with van der Waals surface area (Å²) >= 11 is 0. The number of aliphatic carboxylic acids is 1. The maximum atomic E-state index is 13.1. The summed E-state index contributed by atoms with van der Waals surface area (Å²) in [7, 11) is 0. The maximum absolute atomic E-state index is 13.1. The number of aliphatic hydroxyl groups is 3. The number of carboxylic acid groups (broad SMARTS) is 1. The number of phenols is 1. The van der Waals surface area contributed by atoms with Crippen LogP contribution in [0.5, 0.6) is 11.5 Å². The number of aromatic hydroxyl groups is 1. The zero-order valence-electron chi connectivity index (χ0n) is 16.1. The van der Waals surface area contributed by atoms with Crippen LogP contribution in [0.25, 0.3) is 0 Å². The van der Waals surface area contributed by atoms with Crippen molar-refractivity contribution in [1.82, 2.24) is 0 Å². The largest absolute Gasteiger partial charge is 0.507 e. The Morgan fingerprint density at radius 3 is 2.35 bits per heavy atom. The minimum atomic E-state index is -1.91. The van der Waals surface area contributed by atoms with Crippen molar-refractivity contribution in [3.05, 3.63) is 58.1 Å². The van der Waals surface area contributed by atoms with Gasteiger partial charge in [0.25, 0.3) is 0 Å². The third kappa shape index (κ3) is 3.26. The van der Waals surface area contributed by atoms with Crippen LogP contribution in [0.2, 0.25) is 0 Å². The Kier molecular flexibility index (Phi) is 5.02. The minimum absolute atomic E-state index is 0.0133. The Morgan fingerprint density at radius 1 is 0.968 bits per heavy atom. The summed E-state index contributed by atoms with van der Waals surface area (Å²) in [6, 6.07) is 6.91. The number of hydrogen-bond acceptors (Lipinski definition) is 9. The summed E-state index contributed by atoms with van der Waals surface area (Å²) in [5.41, 5.74) is 0.191. The van der Waals surface area contributed by atoms with E-state index in [-0.39, 0.29) is 33.8 Å². The number of phenolic OH excluding ortho intramolecular Hbond substituents is 1. The molecule has 31 heavy (non-hydrogen) atoms. The number of ether oxygens (including phenoxy) is 2. The van der Waals surface area contributed by atoms with Gasteiger partial charge in [0.05, 0.1) is 11.1 Å². The molecule has 5 unspecified atom stereocenters. The van der Waals surface area contributed by atoms with E-state index in [0.717, 1.165) is 0 Å². The molecule has 0 bridgehead atoms. The van der Waals surface area contributed by atoms with Crippen molar-refractivity contribution < 1.29 is 49.4 Å². The smallest absolute Gasteiger partial charge is 0.335 e. The van der Waals surface area contributed by atoms with Gasteiger partial charge in [-0.2, -0.15) is 0 Å². The summed E-state index contributed by atoms with van der Waals surface area (Å²) in [6.07, 6.45) is -9.31. The normalized spacial score (nSPS) is 27.4. The Labute approximate surface area is 174 Å². The molecule has 1 saturated heterocycles. The van der Waals surface area contributed by atoms with Gasteiger partial charge in [-0.25, -0.2) is 4.79 Å². The van der Waals surface area contributed by atoms with Crippen LogP contribution in [0, 0.1) is 6.92 Å². The third-order valence-electron chi connectivity index (χ3n) is 5.29. The molecule has 1 aliphatic heterocycles. The van der Waals surface area contributed by atoms with Gasteiger partial charge in [-0.05, 0) is 30.7 Å². The van der Waals surface area contributed by atoms with E-state index >= 15 is 0 Å². The van der Waals surface area contributed by atoms with Crippen LogP contribution in [-0.4, -0.2) is 73.8 Å². The molecule has 0 amide bonds. The molecule has 0 spiro atoms. The van der Waals surface area contributed by atoms with E-state index in [1.807, 2.05) is 0 Å². The molecule has 0 aromatic heterocycles. The molecule has 0 radical (unpaired) electrons. The molecule has 10 nitrogen and oxygen atoms in total. The molecule has 1 aliphatic carbocycles. The number of carbonyl (C=O) groups excluding carboxylic acids is 2. The van der Waals surface area contributed by atoms with E-state index < -0.39 is 48.2 Å². The van der Waals surface area contributed by atoms with Crippen molar-refractivity contribution in [3.8, 4) is 11.5 Å². The Balaban J connectivity index is 1.75. The summed E-state index contributed by atoms with van der Waals surface area (Å²) in [6.45, 7) is 1.66. The van der Waals surface area contributed by atoms with Crippen LogP contribution in [0.1, 0.15) is 37.4 Å². The molecule has 5 atom stereocenters. The monoisotopic (exact) mass is 430 g/mol. The number of fused-ring (bicyclic) bond motifs is 2. The predicted octanol–water partition coefficient (Wildman–Crippen LogP) is -0.253. The van der Waals surface area contributed by atoms with Gasteiger partial charge in [0.2, 0.25) is 12.1 Å². The lowest BCUT2D eigenvalue weighted by Crippen LogP contribution is -2.61. The lowest BCUT2D eigenvalue weighted by molar-refractivity contribution is -0.271. The summed E-state index contributed by atoms with van der Waals surface area (Å²) in [5.74, 6) is -3.44. The highest BCUT2D eigenvalue weighted by atomic mass is 16.7. The van der Waals surface area contributed by atoms with E-state index in [9.17, 15) is 34.8 Å². The fourth-order valence-electron chi connectivity index (χ4n) is 3.78. The molecule has 0 saturated carbocycles. The first-order chi connectivity index (χ1) is 14.6. The second-order valence-electron chi connectivity index (χ2n) is 7.40. The highest BCUT2D eigenvalue weighted by molar-refractivity contribution is 6.30. The van der Waals surface area contributed by atoms with E-state index in [1.165, 1.54) is 30.3 Å². The third-order valence-corrected chi connectivity index (χ3v) is 5.29. The molecule has 2 aliphatic rings. The van der Waals surface area contributed by atoms with E-state index in [0.29, 0.717) is 5.56 Å². The zero-order chi connectivity index (χ0) is 22.6. The highest BCUT2D eigenvalue weighted by Crippen LogP contribution is 2.38. The number of aliphatic hydroxyl groups excluding tert-OH is 3. The zero-order valence-corrected chi connectivity index (χ0v) is 16.1. The minimum Gasteiger partial charge on any atom is -0.507 e. The van der Waals surface area contributed by atoms with Crippen LogP contribution in [0.4, 0.5) is 0 Å². The number of aryl methyl sites for hydroxylation is 1. The molecule has 10 heteroatoms. The SMILES string of the molecule is Cc1cc(O)c2c(c1)C(=O)c1cccc(OC3OC(C(=O)O)C(O)C(O)C3O)c1C2=O. The van der Waals surface area contributed by atoms with Gasteiger partial charge >= 0.3 is 5.97 Å². The molecule has 162 valence electrons. The molecular formula is C21H18O10. The average Bonchev–Trinajstić information content (AvgIpc) is 2.71. The molecule has 2 aromatic rings. The van der Waals surface area contributed by atoms with Crippen LogP contribution in [0.3, 0.4) is 0 Å². The van der Waals surface area contributed by atoms with Gasteiger partial charge in [0, 0.05) is 11.1 Å². The molecular weight excluding hydrogens is 412 g/mol. The fourth-order valence-corrected chi connectivity index (χ4v) is 3.78. The number of hydrogen-bond donors (Lipinski definition) is 5. The number of carboxylic acids is 1. The van der Waals surface area contributed by atoms with E-state index in [2.05, 4.69) is 0 Å². The number of carbonyl (C=O) groups is 3. The first-order valence-electron chi connectivity index (χ1n) is 9.27. The van der Waals surface area contributed by atoms with Crippen molar-refractivity contribution in [2.45, 2.75) is 37.6 Å². The van der Waals surface area contributed by atoms with Crippen LogP contribution in [-0.2, 0) is 9.53 Å². The van der Waals surface area contributed by atoms with E-state index in [4.69, 9.17) is 14.6 Å². The highest BCUT2D eigenvalue weighted by Gasteiger charge is 2.48. The van der Waals surface area contributed by atoms with Crippen molar-refractivity contribution in [2.24, 2.45) is 0 Å². The predicted molar refractivity (Wildman–Crippen MR) is 101 cm³/mol. The van der Waals surface area contributed by atoms with Crippen LogP contribution < -0.4 is 4.74 Å². The second kappa shape index (κ2) is 7.43. The van der Waals surface area contributed by atoms with Gasteiger partial charge < -0.3 is 35.0 Å². The lowest BCUT2D eigenvalue weighted by Gasteiger charge is -2.38. The summed E-state index contributed by atoms with van der Waals surface area (Å²) in [5, 5.41) is 49.4. The first-order valence-corrected chi connectivity index (χ1v) is 9.27. The van der Waals surface area contributed by atoms with Crippen molar-refractivity contribution in [1.29, 1.82) is 0 Å². The Bertz CT molecular complexity index is 1110. The van der Waals surface area contributed by atoms with Gasteiger partial charge in [-0.3, -0.25) is 9.59 Å². The second-order valence-corrected chi connectivity index (χ2v) is 7.40. The van der Waals surface area contributed by atoms with Crippen molar-refractivity contribution >= 4 is 17.5 Å². The number of benzene rings is 2. The quantitative estimate of drug-likeness (QED) is 0.373. The van der Waals surface area contributed by atoms with Crippen LogP contribution in [0.15, 0.2) is 30.3 Å². The summed E-state index contributed by atoms with van der Waals surface area (Å²) < 4.78 is 10.6. The molecule has 2 aromatic carbocycles. The standard InChI is InChI=1S/C21H18O10/c1-7-5-9-12(10(22)6-7)15(24)13-8(14(9)23)3-2-4-11(13)30-21-18(27)16(25)17(26)19(31-21)20(28)29/h2-6,16-19,21-22,25-27H,1H3,(H,28,29). The van der Waals surface area contributed by atoms with Crippen molar-refractivity contribution in [3.63, 3.8) is 0 Å². The van der Waals surface area contributed by atoms with Gasteiger partial charge in [-0.15, -0.1) is 0 Å². The molecule has 1 heterocycles. The molecule has 1 fully saturated rings. The average molecular weight is 430 g/mol. The first kappa shape index (κ1) is 20.9. The van der Waals surface area contributed by atoms with Crippen LogP contribution >= 0.6 is 0 Å². The number of ketones is 2. The number of rotatable bonds is 3. The Morgan fingerprint density at radius 2 is 1.68 bits per heavy atom. The molecule has 5 N–H and O–H groups in total. The topological polar surface area (TPSA) is 171 Å². The van der Waals surface area contributed by atoms with Gasteiger partial charge in [0.15, 0.2) is 11.9 Å². The summed E-state index contributed by atoms with van der Waals surface area (Å²) in [4.78, 5) is 37.4. The Hall–Kier alpha value is -3.31. The fraction of sp³-hybridized carbons (Fsp3) is 0.286. The molecule has 4 rings (SSSR count). The van der Waals surface area contributed by atoms with Gasteiger partial charge in [0.1, 0.15) is 29.8 Å². The van der Waals surface area contributed by atoms with Gasteiger partial charge in [-0.1, -0.05) is 12.1 Å². The maximum Gasteiger partial charge on any atom is 0.335 e.